The molecule has 0 aliphatic carbocycles. The third kappa shape index (κ3) is 3.92. The van der Waals surface area contributed by atoms with Gasteiger partial charge in [0.05, 0.1) is 0 Å². The molecule has 0 saturated heterocycles. The molecule has 1 atom stereocenters. The Bertz CT molecular complexity index is 284. The van der Waals surface area contributed by atoms with E-state index in [1.807, 2.05) is 19.1 Å². The second-order valence-electron chi connectivity index (χ2n) is 3.64. The number of benzene rings is 1. The zero-order valence-corrected chi connectivity index (χ0v) is 9.82. The molecule has 0 aliphatic heterocycles. The van der Waals surface area contributed by atoms with Crippen LogP contribution in [0.1, 0.15) is 38.7 Å². The number of hydrogen-bond acceptors (Lipinski definition) is 2. The summed E-state index contributed by atoms with van der Waals surface area (Å²) < 4.78 is 10.6. The van der Waals surface area contributed by atoms with Gasteiger partial charge in [-0.25, -0.2) is 0 Å². The monoisotopic (exact) mass is 208 g/mol. The van der Waals surface area contributed by atoms with E-state index in [9.17, 15) is 0 Å². The molecule has 0 amide bonds. The molecular formula is C13H20O2. The van der Waals surface area contributed by atoms with Crippen molar-refractivity contribution in [2.24, 2.45) is 0 Å². The minimum absolute atomic E-state index is 0.334. The number of hydrogen-bond donors (Lipinski definition) is 0. The molecule has 1 unspecified atom stereocenters. The Morgan fingerprint density at radius 3 is 2.73 bits per heavy atom. The maximum Gasteiger partial charge on any atom is 0.189 e. The van der Waals surface area contributed by atoms with Crippen LogP contribution in [-0.2, 0) is 4.74 Å². The summed E-state index contributed by atoms with van der Waals surface area (Å²) in [6.07, 6.45) is 1.15. The highest BCUT2D eigenvalue weighted by molar-refractivity contribution is 5.30. The van der Waals surface area contributed by atoms with Gasteiger partial charge in [0.15, 0.2) is 6.79 Å². The van der Waals surface area contributed by atoms with Crippen molar-refractivity contribution in [2.75, 3.05) is 13.4 Å². The molecule has 0 aliphatic rings. The Morgan fingerprint density at radius 1 is 1.27 bits per heavy atom. The molecule has 0 radical (unpaired) electrons. The summed E-state index contributed by atoms with van der Waals surface area (Å²) in [6.45, 7) is 7.39. The van der Waals surface area contributed by atoms with Gasteiger partial charge in [0.25, 0.3) is 0 Å². The lowest BCUT2D eigenvalue weighted by Gasteiger charge is -2.11. The Balaban J connectivity index is 2.57. The van der Waals surface area contributed by atoms with Crippen LogP contribution in [0.5, 0.6) is 5.75 Å². The fourth-order valence-corrected chi connectivity index (χ4v) is 1.34. The molecular weight excluding hydrogens is 188 g/mol. The van der Waals surface area contributed by atoms with Crippen molar-refractivity contribution in [3.63, 3.8) is 0 Å². The van der Waals surface area contributed by atoms with E-state index < -0.39 is 0 Å². The van der Waals surface area contributed by atoms with E-state index in [1.165, 1.54) is 5.56 Å². The lowest BCUT2D eigenvalue weighted by molar-refractivity contribution is 0.0223. The first-order valence-corrected chi connectivity index (χ1v) is 5.58. The van der Waals surface area contributed by atoms with Gasteiger partial charge in [-0.15, -0.1) is 0 Å². The van der Waals surface area contributed by atoms with Gasteiger partial charge in [-0.1, -0.05) is 26.0 Å². The van der Waals surface area contributed by atoms with Crippen molar-refractivity contribution in [3.8, 4) is 5.75 Å². The summed E-state index contributed by atoms with van der Waals surface area (Å²) in [6, 6.07) is 8.22. The van der Waals surface area contributed by atoms with Crippen LogP contribution in [0, 0.1) is 0 Å². The molecule has 0 spiro atoms. The minimum Gasteiger partial charge on any atom is -0.468 e. The normalized spacial score (nSPS) is 12.5. The third-order valence-electron chi connectivity index (χ3n) is 2.55. The van der Waals surface area contributed by atoms with Crippen LogP contribution in [0.2, 0.25) is 0 Å². The maximum absolute atomic E-state index is 5.46. The van der Waals surface area contributed by atoms with E-state index in [1.54, 1.807) is 0 Å². The summed E-state index contributed by atoms with van der Waals surface area (Å²) in [5.41, 5.74) is 1.33. The van der Waals surface area contributed by atoms with Crippen molar-refractivity contribution >= 4 is 0 Å². The standard InChI is InChI=1S/C13H20O2/c1-4-11(3)12-7-6-8-13(9-12)15-10-14-5-2/h6-9,11H,4-5,10H2,1-3H3. The molecule has 0 heterocycles. The van der Waals surface area contributed by atoms with Crippen LogP contribution < -0.4 is 4.74 Å². The number of ether oxygens (including phenoxy) is 2. The molecule has 0 N–H and O–H groups in total. The topological polar surface area (TPSA) is 18.5 Å². The van der Waals surface area contributed by atoms with E-state index in [0.29, 0.717) is 19.3 Å². The van der Waals surface area contributed by atoms with E-state index >= 15 is 0 Å². The quantitative estimate of drug-likeness (QED) is 0.525. The first-order chi connectivity index (χ1) is 7.27. The molecule has 1 rings (SSSR count). The van der Waals surface area contributed by atoms with E-state index in [0.717, 1.165) is 12.2 Å². The smallest absolute Gasteiger partial charge is 0.189 e. The molecule has 0 aromatic heterocycles. The average Bonchev–Trinajstić information content (AvgIpc) is 2.29. The van der Waals surface area contributed by atoms with Crippen molar-refractivity contribution in [1.29, 1.82) is 0 Å². The highest BCUT2D eigenvalue weighted by Gasteiger charge is 2.03. The second-order valence-corrected chi connectivity index (χ2v) is 3.64. The van der Waals surface area contributed by atoms with Crippen LogP contribution in [-0.4, -0.2) is 13.4 Å². The first kappa shape index (κ1) is 12.1. The van der Waals surface area contributed by atoms with Crippen LogP contribution in [0.25, 0.3) is 0 Å². The Morgan fingerprint density at radius 2 is 2.07 bits per heavy atom. The van der Waals surface area contributed by atoms with Gasteiger partial charge >= 0.3 is 0 Å². The van der Waals surface area contributed by atoms with E-state index in [4.69, 9.17) is 9.47 Å². The Kier molecular flexibility index (Phi) is 5.19. The van der Waals surface area contributed by atoms with Crippen LogP contribution in [0.15, 0.2) is 24.3 Å². The van der Waals surface area contributed by atoms with Gasteiger partial charge in [-0.05, 0) is 37.0 Å². The van der Waals surface area contributed by atoms with Gasteiger partial charge in [-0.3, -0.25) is 0 Å². The second kappa shape index (κ2) is 6.46. The summed E-state index contributed by atoms with van der Waals surface area (Å²) in [4.78, 5) is 0. The molecule has 15 heavy (non-hydrogen) atoms. The molecule has 0 fully saturated rings. The Hall–Kier alpha value is -1.02. The fraction of sp³-hybridized carbons (Fsp3) is 0.538. The van der Waals surface area contributed by atoms with Gasteiger partial charge in [-0.2, -0.15) is 0 Å². The Labute approximate surface area is 92.2 Å². The summed E-state index contributed by atoms with van der Waals surface area (Å²) in [7, 11) is 0. The lowest BCUT2D eigenvalue weighted by atomic mass is 9.99. The number of rotatable bonds is 6. The van der Waals surface area contributed by atoms with Crippen LogP contribution in [0.4, 0.5) is 0 Å². The summed E-state index contributed by atoms with van der Waals surface area (Å²) >= 11 is 0. The van der Waals surface area contributed by atoms with Crippen molar-refractivity contribution in [1.82, 2.24) is 0 Å². The first-order valence-electron chi connectivity index (χ1n) is 5.58. The molecule has 1 aromatic carbocycles. The van der Waals surface area contributed by atoms with Crippen molar-refractivity contribution in [2.45, 2.75) is 33.1 Å². The molecule has 0 bridgehead atoms. The lowest BCUT2D eigenvalue weighted by Crippen LogP contribution is -2.02. The summed E-state index contributed by atoms with van der Waals surface area (Å²) in [5.74, 6) is 1.47. The molecule has 1 aromatic rings. The molecule has 0 saturated carbocycles. The molecule has 2 nitrogen and oxygen atoms in total. The van der Waals surface area contributed by atoms with Crippen LogP contribution in [0.3, 0.4) is 0 Å². The zero-order chi connectivity index (χ0) is 11.1. The SMILES string of the molecule is CCOCOc1cccc(C(C)CC)c1. The average molecular weight is 208 g/mol. The van der Waals surface area contributed by atoms with Gasteiger partial charge in [0.2, 0.25) is 0 Å². The fourth-order valence-electron chi connectivity index (χ4n) is 1.34. The zero-order valence-electron chi connectivity index (χ0n) is 9.82. The molecule has 2 heteroatoms. The van der Waals surface area contributed by atoms with Gasteiger partial charge < -0.3 is 9.47 Å². The predicted octanol–water partition coefficient (Wildman–Crippen LogP) is 3.57. The van der Waals surface area contributed by atoms with Gasteiger partial charge in [0, 0.05) is 6.61 Å². The van der Waals surface area contributed by atoms with E-state index in [2.05, 4.69) is 26.0 Å². The predicted molar refractivity (Wildman–Crippen MR) is 62.3 cm³/mol. The third-order valence-corrected chi connectivity index (χ3v) is 2.55. The highest BCUT2D eigenvalue weighted by atomic mass is 16.7. The van der Waals surface area contributed by atoms with Crippen LogP contribution >= 0.6 is 0 Å². The summed E-state index contributed by atoms with van der Waals surface area (Å²) in [5, 5.41) is 0. The largest absolute Gasteiger partial charge is 0.468 e. The van der Waals surface area contributed by atoms with Crippen molar-refractivity contribution in [3.05, 3.63) is 29.8 Å². The highest BCUT2D eigenvalue weighted by Crippen LogP contribution is 2.22. The molecule has 84 valence electrons. The van der Waals surface area contributed by atoms with Crippen molar-refractivity contribution < 1.29 is 9.47 Å². The maximum atomic E-state index is 5.46. The minimum atomic E-state index is 0.334. The van der Waals surface area contributed by atoms with E-state index in [-0.39, 0.29) is 0 Å². The van der Waals surface area contributed by atoms with Gasteiger partial charge in [0.1, 0.15) is 5.75 Å².